The Morgan fingerprint density at radius 1 is 1.18 bits per heavy atom. The van der Waals surface area contributed by atoms with Crippen molar-refractivity contribution in [2.24, 2.45) is 5.73 Å². The Labute approximate surface area is 106 Å². The minimum Gasteiger partial charge on any atom is -0.342 e. The molecule has 0 aromatic heterocycles. The summed E-state index contributed by atoms with van der Waals surface area (Å²) in [7, 11) is 2.02. The number of unbranched alkanes of at least 4 members (excludes halogenated alkanes) is 2. The SMILES string of the molecule is CCN(CC)C(=O)C(C)N(C)CCCCCN. The summed E-state index contributed by atoms with van der Waals surface area (Å²) < 4.78 is 0. The van der Waals surface area contributed by atoms with Crippen LogP contribution in [0.15, 0.2) is 0 Å². The topological polar surface area (TPSA) is 49.6 Å². The van der Waals surface area contributed by atoms with Crippen LogP contribution in [0, 0.1) is 0 Å². The molecule has 0 rings (SSSR count). The molecule has 0 aliphatic rings. The summed E-state index contributed by atoms with van der Waals surface area (Å²) in [6.07, 6.45) is 3.34. The van der Waals surface area contributed by atoms with E-state index in [4.69, 9.17) is 5.73 Å². The van der Waals surface area contributed by atoms with E-state index in [9.17, 15) is 4.79 Å². The molecule has 0 aromatic carbocycles. The molecule has 0 spiro atoms. The molecule has 0 aromatic rings. The molecular formula is C13H29N3O. The molecule has 4 heteroatoms. The highest BCUT2D eigenvalue weighted by Gasteiger charge is 2.21. The van der Waals surface area contributed by atoms with E-state index >= 15 is 0 Å². The fourth-order valence-corrected chi connectivity index (χ4v) is 1.86. The van der Waals surface area contributed by atoms with Crippen molar-refractivity contribution in [2.45, 2.75) is 46.1 Å². The van der Waals surface area contributed by atoms with E-state index in [0.717, 1.165) is 45.4 Å². The predicted molar refractivity (Wildman–Crippen MR) is 72.9 cm³/mol. The van der Waals surface area contributed by atoms with Gasteiger partial charge in [0.05, 0.1) is 6.04 Å². The number of rotatable bonds is 9. The number of nitrogens with two attached hydrogens (primary N) is 1. The maximum absolute atomic E-state index is 12.1. The van der Waals surface area contributed by atoms with Gasteiger partial charge in [-0.2, -0.15) is 0 Å². The molecule has 0 aliphatic carbocycles. The third kappa shape index (κ3) is 6.03. The molecule has 1 amide bonds. The highest BCUT2D eigenvalue weighted by Crippen LogP contribution is 2.04. The summed E-state index contributed by atoms with van der Waals surface area (Å²) in [5.74, 6) is 0.233. The first kappa shape index (κ1) is 16.4. The van der Waals surface area contributed by atoms with Crippen LogP contribution in [0.2, 0.25) is 0 Å². The zero-order valence-corrected chi connectivity index (χ0v) is 11.9. The van der Waals surface area contributed by atoms with Gasteiger partial charge in [-0.25, -0.2) is 0 Å². The van der Waals surface area contributed by atoms with Gasteiger partial charge in [0.1, 0.15) is 0 Å². The Morgan fingerprint density at radius 2 is 1.76 bits per heavy atom. The molecule has 0 saturated carbocycles. The Kier molecular flexibility index (Phi) is 9.09. The second-order valence-electron chi connectivity index (χ2n) is 4.52. The summed E-state index contributed by atoms with van der Waals surface area (Å²) in [4.78, 5) is 16.1. The summed E-state index contributed by atoms with van der Waals surface area (Å²) in [5.41, 5.74) is 5.45. The third-order valence-corrected chi connectivity index (χ3v) is 3.31. The first-order valence-electron chi connectivity index (χ1n) is 6.77. The maximum Gasteiger partial charge on any atom is 0.239 e. The fourth-order valence-electron chi connectivity index (χ4n) is 1.86. The first-order chi connectivity index (χ1) is 8.08. The highest BCUT2D eigenvalue weighted by atomic mass is 16.2. The van der Waals surface area contributed by atoms with E-state index in [1.807, 2.05) is 32.7 Å². The van der Waals surface area contributed by atoms with Gasteiger partial charge in [-0.1, -0.05) is 6.42 Å². The molecule has 0 radical (unpaired) electrons. The fraction of sp³-hybridized carbons (Fsp3) is 0.923. The lowest BCUT2D eigenvalue weighted by atomic mass is 10.2. The Bertz CT molecular complexity index is 205. The second-order valence-corrected chi connectivity index (χ2v) is 4.52. The average molecular weight is 243 g/mol. The van der Waals surface area contributed by atoms with E-state index in [2.05, 4.69) is 4.90 Å². The van der Waals surface area contributed by atoms with Gasteiger partial charge < -0.3 is 10.6 Å². The van der Waals surface area contributed by atoms with Crippen molar-refractivity contribution in [2.75, 3.05) is 33.2 Å². The molecule has 0 saturated heterocycles. The summed E-state index contributed by atoms with van der Waals surface area (Å²) >= 11 is 0. The van der Waals surface area contributed by atoms with Crippen LogP contribution in [-0.4, -0.2) is 55.0 Å². The van der Waals surface area contributed by atoms with Gasteiger partial charge in [-0.3, -0.25) is 9.69 Å². The van der Waals surface area contributed by atoms with Gasteiger partial charge in [-0.05, 0) is 53.8 Å². The minimum atomic E-state index is -0.0206. The van der Waals surface area contributed by atoms with Gasteiger partial charge in [0.2, 0.25) is 5.91 Å². The second kappa shape index (κ2) is 9.42. The smallest absolute Gasteiger partial charge is 0.239 e. The number of nitrogens with zero attached hydrogens (tertiary/aromatic N) is 2. The largest absolute Gasteiger partial charge is 0.342 e. The zero-order chi connectivity index (χ0) is 13.3. The lowest BCUT2D eigenvalue weighted by Crippen LogP contribution is -2.45. The Hall–Kier alpha value is -0.610. The quantitative estimate of drug-likeness (QED) is 0.621. The third-order valence-electron chi connectivity index (χ3n) is 3.31. The highest BCUT2D eigenvalue weighted by molar-refractivity contribution is 5.81. The molecule has 0 heterocycles. The standard InChI is InChI=1S/C13H29N3O/c1-5-16(6-2)13(17)12(3)15(4)11-9-7-8-10-14/h12H,5-11,14H2,1-4H3. The van der Waals surface area contributed by atoms with Crippen molar-refractivity contribution in [3.63, 3.8) is 0 Å². The van der Waals surface area contributed by atoms with Gasteiger partial charge >= 0.3 is 0 Å². The van der Waals surface area contributed by atoms with Crippen LogP contribution >= 0.6 is 0 Å². The Morgan fingerprint density at radius 3 is 2.24 bits per heavy atom. The van der Waals surface area contributed by atoms with Crippen LogP contribution in [0.3, 0.4) is 0 Å². The molecule has 4 nitrogen and oxygen atoms in total. The molecule has 1 unspecified atom stereocenters. The predicted octanol–water partition coefficient (Wildman–Crippen LogP) is 1.30. The summed E-state index contributed by atoms with van der Waals surface area (Å²) in [6.45, 7) is 9.35. The number of carbonyl (C=O) groups is 1. The number of amides is 1. The first-order valence-corrected chi connectivity index (χ1v) is 6.77. The zero-order valence-electron chi connectivity index (χ0n) is 11.9. The Balaban J connectivity index is 4.01. The van der Waals surface area contributed by atoms with Crippen molar-refractivity contribution in [1.82, 2.24) is 9.80 Å². The molecular weight excluding hydrogens is 214 g/mol. The molecule has 102 valence electrons. The number of likely N-dealkylation sites (N-methyl/N-ethyl adjacent to an activating group) is 2. The average Bonchev–Trinajstić information content (AvgIpc) is 2.34. The van der Waals surface area contributed by atoms with Crippen molar-refractivity contribution in [3.05, 3.63) is 0 Å². The van der Waals surface area contributed by atoms with Crippen molar-refractivity contribution in [1.29, 1.82) is 0 Å². The van der Waals surface area contributed by atoms with Crippen LogP contribution in [0.1, 0.15) is 40.0 Å². The van der Waals surface area contributed by atoms with Crippen LogP contribution in [0.25, 0.3) is 0 Å². The maximum atomic E-state index is 12.1. The van der Waals surface area contributed by atoms with Crippen molar-refractivity contribution >= 4 is 5.91 Å². The van der Waals surface area contributed by atoms with Gasteiger partial charge in [0, 0.05) is 13.1 Å². The normalized spacial score (nSPS) is 12.8. The van der Waals surface area contributed by atoms with Crippen LogP contribution in [0.4, 0.5) is 0 Å². The molecule has 0 fully saturated rings. The van der Waals surface area contributed by atoms with Crippen molar-refractivity contribution < 1.29 is 4.79 Å². The molecule has 17 heavy (non-hydrogen) atoms. The molecule has 2 N–H and O–H groups in total. The van der Waals surface area contributed by atoms with E-state index in [1.165, 1.54) is 0 Å². The van der Waals surface area contributed by atoms with E-state index < -0.39 is 0 Å². The van der Waals surface area contributed by atoms with Crippen LogP contribution < -0.4 is 5.73 Å². The monoisotopic (exact) mass is 243 g/mol. The molecule has 0 aliphatic heterocycles. The van der Waals surface area contributed by atoms with Crippen LogP contribution in [-0.2, 0) is 4.79 Å². The molecule has 1 atom stereocenters. The lowest BCUT2D eigenvalue weighted by Gasteiger charge is -2.29. The van der Waals surface area contributed by atoms with Crippen LogP contribution in [0.5, 0.6) is 0 Å². The van der Waals surface area contributed by atoms with Gasteiger partial charge in [0.25, 0.3) is 0 Å². The minimum absolute atomic E-state index is 0.0206. The number of carbonyl (C=O) groups excluding carboxylic acids is 1. The van der Waals surface area contributed by atoms with Gasteiger partial charge in [-0.15, -0.1) is 0 Å². The summed E-state index contributed by atoms with van der Waals surface area (Å²) in [6, 6.07) is -0.0206. The van der Waals surface area contributed by atoms with Gasteiger partial charge in [0.15, 0.2) is 0 Å². The lowest BCUT2D eigenvalue weighted by molar-refractivity contribution is -0.135. The number of hydrogen-bond acceptors (Lipinski definition) is 3. The van der Waals surface area contributed by atoms with E-state index in [0.29, 0.717) is 0 Å². The van der Waals surface area contributed by atoms with E-state index in [-0.39, 0.29) is 11.9 Å². The van der Waals surface area contributed by atoms with Crippen molar-refractivity contribution in [3.8, 4) is 0 Å². The number of hydrogen-bond donors (Lipinski definition) is 1. The van der Waals surface area contributed by atoms with E-state index in [1.54, 1.807) is 0 Å². The molecule has 0 bridgehead atoms. The summed E-state index contributed by atoms with van der Waals surface area (Å²) in [5, 5.41) is 0.